The van der Waals surface area contributed by atoms with Gasteiger partial charge in [-0.25, -0.2) is 0 Å². The summed E-state index contributed by atoms with van der Waals surface area (Å²) in [5.41, 5.74) is 0. The number of carbonyl (C=O) groups is 1. The quantitative estimate of drug-likeness (QED) is 0.0384. The Labute approximate surface area is 304 Å². The molecule has 0 bridgehead atoms. The Bertz CT molecular complexity index is 764. The normalized spacial score (nSPS) is 14.0. The van der Waals surface area contributed by atoms with Gasteiger partial charge in [-0.2, -0.15) is 0 Å². The van der Waals surface area contributed by atoms with Crippen LogP contribution in [0.1, 0.15) is 213 Å². The van der Waals surface area contributed by atoms with Crippen molar-refractivity contribution < 1.29 is 20.1 Å². The van der Waals surface area contributed by atoms with E-state index in [1.807, 2.05) is 6.08 Å². The number of aliphatic hydroxyl groups excluding tert-OH is 3. The third kappa shape index (κ3) is 34.8. The summed E-state index contributed by atoms with van der Waals surface area (Å²) in [6.07, 6.45) is 48.8. The van der Waals surface area contributed by atoms with Crippen LogP contribution >= 0.6 is 0 Å². The van der Waals surface area contributed by atoms with E-state index in [0.717, 1.165) is 38.5 Å². The lowest BCUT2D eigenvalue weighted by Crippen LogP contribution is -2.48. The first-order chi connectivity index (χ1) is 24.1. The predicted octanol–water partition coefficient (Wildman–Crippen LogP) is 12.0. The minimum Gasteiger partial charge on any atom is -0.394 e. The third-order valence-electron chi connectivity index (χ3n) is 9.70. The van der Waals surface area contributed by atoms with Crippen LogP contribution < -0.4 is 5.32 Å². The molecule has 0 aliphatic rings. The number of carbonyl (C=O) groups excluding carboxylic acids is 1. The zero-order valence-corrected chi connectivity index (χ0v) is 32.6. The standard InChI is InChI=1S/C44H83NO4/c1-3-5-7-9-11-13-15-17-19-21-22-23-25-27-29-31-33-35-37-39-43(48)44(49)45-41(40-46)42(47)38-36-34-32-30-28-26-24-20-18-16-14-12-10-8-6-4-2/h22-23,28,30,36,38,41-43,46-48H,3-21,24-27,29,31-35,37,39-40H2,1-2H3,(H,45,49)/b23-22-,30-28+,38-36+. The van der Waals surface area contributed by atoms with Gasteiger partial charge in [-0.15, -0.1) is 0 Å². The van der Waals surface area contributed by atoms with Crippen LogP contribution in [0.25, 0.3) is 0 Å². The molecule has 0 spiro atoms. The number of amides is 1. The average Bonchev–Trinajstić information content (AvgIpc) is 3.11. The van der Waals surface area contributed by atoms with Gasteiger partial charge >= 0.3 is 0 Å². The van der Waals surface area contributed by atoms with Crippen LogP contribution in [0.15, 0.2) is 36.5 Å². The number of aliphatic hydroxyl groups is 3. The van der Waals surface area contributed by atoms with E-state index in [9.17, 15) is 20.1 Å². The maximum absolute atomic E-state index is 12.4. The van der Waals surface area contributed by atoms with Gasteiger partial charge in [0.15, 0.2) is 0 Å². The molecule has 0 saturated carbocycles. The molecule has 3 atom stereocenters. The largest absolute Gasteiger partial charge is 0.394 e. The average molecular weight is 690 g/mol. The van der Waals surface area contributed by atoms with Crippen molar-refractivity contribution in [2.75, 3.05) is 6.61 Å². The molecule has 0 aromatic carbocycles. The molecule has 49 heavy (non-hydrogen) atoms. The number of rotatable bonds is 38. The second-order valence-electron chi connectivity index (χ2n) is 14.5. The van der Waals surface area contributed by atoms with E-state index in [1.54, 1.807) is 6.08 Å². The molecule has 288 valence electrons. The van der Waals surface area contributed by atoms with Gasteiger partial charge in [-0.05, 0) is 57.8 Å². The predicted molar refractivity (Wildman–Crippen MR) is 213 cm³/mol. The van der Waals surface area contributed by atoms with Crippen LogP contribution in [0.5, 0.6) is 0 Å². The lowest BCUT2D eigenvalue weighted by molar-refractivity contribution is -0.131. The summed E-state index contributed by atoms with van der Waals surface area (Å²) in [5.74, 6) is -0.518. The van der Waals surface area contributed by atoms with Crippen molar-refractivity contribution in [3.63, 3.8) is 0 Å². The van der Waals surface area contributed by atoms with Gasteiger partial charge < -0.3 is 20.6 Å². The molecule has 0 rings (SSSR count). The number of allylic oxidation sites excluding steroid dienone is 5. The second kappa shape index (κ2) is 39.4. The van der Waals surface area contributed by atoms with Crippen LogP contribution in [0.3, 0.4) is 0 Å². The fraction of sp³-hybridized carbons (Fsp3) is 0.841. The molecule has 0 aliphatic heterocycles. The van der Waals surface area contributed by atoms with Crippen molar-refractivity contribution in [1.29, 1.82) is 0 Å². The zero-order chi connectivity index (χ0) is 35.9. The fourth-order valence-electron chi connectivity index (χ4n) is 6.31. The molecule has 0 aromatic rings. The summed E-state index contributed by atoms with van der Waals surface area (Å²) in [6, 6.07) is -0.815. The molecule has 1 amide bonds. The molecule has 3 unspecified atom stereocenters. The smallest absolute Gasteiger partial charge is 0.249 e. The minimum atomic E-state index is -1.11. The number of hydrogen-bond acceptors (Lipinski definition) is 4. The summed E-state index contributed by atoms with van der Waals surface area (Å²) >= 11 is 0. The Morgan fingerprint density at radius 2 is 0.837 bits per heavy atom. The minimum absolute atomic E-state index is 0.378. The van der Waals surface area contributed by atoms with Crippen molar-refractivity contribution >= 4 is 5.91 Å². The van der Waals surface area contributed by atoms with Crippen molar-refractivity contribution in [1.82, 2.24) is 5.32 Å². The van der Waals surface area contributed by atoms with Crippen molar-refractivity contribution in [2.24, 2.45) is 0 Å². The van der Waals surface area contributed by atoms with Crippen LogP contribution in [0.2, 0.25) is 0 Å². The van der Waals surface area contributed by atoms with Gasteiger partial charge in [0.05, 0.1) is 18.8 Å². The SMILES string of the molecule is CCCCCCCCCCC/C=C\CCCCCCCCC(O)C(=O)NC(CO)C(O)/C=C/CC/C=C/CCCCCCCCCCCC. The molecular formula is C44H83NO4. The van der Waals surface area contributed by atoms with Gasteiger partial charge in [0.1, 0.15) is 6.10 Å². The maximum atomic E-state index is 12.4. The first kappa shape index (κ1) is 47.6. The van der Waals surface area contributed by atoms with E-state index in [2.05, 4.69) is 43.5 Å². The van der Waals surface area contributed by atoms with Crippen LogP contribution in [-0.4, -0.2) is 46.1 Å². The van der Waals surface area contributed by atoms with Crippen LogP contribution in [0, 0.1) is 0 Å². The van der Waals surface area contributed by atoms with Crippen LogP contribution in [-0.2, 0) is 4.79 Å². The van der Waals surface area contributed by atoms with E-state index in [1.165, 1.54) is 154 Å². The Kier molecular flexibility index (Phi) is 38.2. The highest BCUT2D eigenvalue weighted by Gasteiger charge is 2.22. The number of nitrogens with one attached hydrogen (secondary N) is 1. The maximum Gasteiger partial charge on any atom is 0.249 e. The van der Waals surface area contributed by atoms with E-state index < -0.39 is 24.2 Å². The highest BCUT2D eigenvalue weighted by molar-refractivity contribution is 5.80. The second-order valence-corrected chi connectivity index (χ2v) is 14.5. The van der Waals surface area contributed by atoms with E-state index in [4.69, 9.17) is 0 Å². The van der Waals surface area contributed by atoms with Gasteiger partial charge in [-0.3, -0.25) is 4.79 Å². The molecule has 4 N–H and O–H groups in total. The monoisotopic (exact) mass is 690 g/mol. The van der Waals surface area contributed by atoms with Crippen molar-refractivity contribution in [3.05, 3.63) is 36.5 Å². The van der Waals surface area contributed by atoms with Gasteiger partial charge in [0.25, 0.3) is 0 Å². The molecule has 0 fully saturated rings. The Hall–Kier alpha value is -1.43. The van der Waals surface area contributed by atoms with E-state index in [0.29, 0.717) is 6.42 Å². The van der Waals surface area contributed by atoms with Crippen molar-refractivity contribution in [3.8, 4) is 0 Å². The van der Waals surface area contributed by atoms with E-state index >= 15 is 0 Å². The van der Waals surface area contributed by atoms with Gasteiger partial charge in [0, 0.05) is 0 Å². The summed E-state index contributed by atoms with van der Waals surface area (Å²) < 4.78 is 0. The lowest BCUT2D eigenvalue weighted by Gasteiger charge is -2.21. The molecular weight excluding hydrogens is 606 g/mol. The molecule has 0 saturated heterocycles. The lowest BCUT2D eigenvalue weighted by atomic mass is 10.0. The van der Waals surface area contributed by atoms with Gasteiger partial charge in [-0.1, -0.05) is 192 Å². The van der Waals surface area contributed by atoms with Crippen molar-refractivity contribution in [2.45, 2.75) is 231 Å². The summed E-state index contributed by atoms with van der Waals surface area (Å²) in [4.78, 5) is 12.4. The first-order valence-corrected chi connectivity index (χ1v) is 21.3. The first-order valence-electron chi connectivity index (χ1n) is 21.3. The molecule has 0 aromatic heterocycles. The number of unbranched alkanes of at least 4 members (excludes halogenated alkanes) is 26. The molecule has 5 heteroatoms. The summed E-state index contributed by atoms with van der Waals surface area (Å²) in [6.45, 7) is 4.16. The van der Waals surface area contributed by atoms with Gasteiger partial charge in [0.2, 0.25) is 5.91 Å². The fourth-order valence-corrected chi connectivity index (χ4v) is 6.31. The molecule has 5 nitrogen and oxygen atoms in total. The molecule has 0 radical (unpaired) electrons. The van der Waals surface area contributed by atoms with E-state index in [-0.39, 0.29) is 6.61 Å². The molecule has 0 heterocycles. The summed E-state index contributed by atoms with van der Waals surface area (Å²) in [5, 5.41) is 33.1. The zero-order valence-electron chi connectivity index (χ0n) is 32.6. The topological polar surface area (TPSA) is 89.8 Å². The Balaban J connectivity index is 3.74. The number of hydrogen-bond donors (Lipinski definition) is 4. The van der Waals surface area contributed by atoms with Crippen LogP contribution in [0.4, 0.5) is 0 Å². The Morgan fingerprint density at radius 1 is 0.490 bits per heavy atom. The third-order valence-corrected chi connectivity index (χ3v) is 9.70. The highest BCUT2D eigenvalue weighted by atomic mass is 16.3. The molecule has 0 aliphatic carbocycles. The summed E-state index contributed by atoms with van der Waals surface area (Å²) in [7, 11) is 0. The highest BCUT2D eigenvalue weighted by Crippen LogP contribution is 2.14. The Morgan fingerprint density at radius 3 is 1.24 bits per heavy atom.